The number of pyridine rings is 1. The molecule has 0 spiro atoms. The highest BCUT2D eigenvalue weighted by Crippen LogP contribution is 2.33. The van der Waals surface area contributed by atoms with E-state index in [1.54, 1.807) is 17.3 Å². The van der Waals surface area contributed by atoms with Gasteiger partial charge in [0, 0.05) is 11.9 Å². The van der Waals surface area contributed by atoms with Gasteiger partial charge in [0.1, 0.15) is 17.6 Å². The zero-order valence-electron chi connectivity index (χ0n) is 17.3. The van der Waals surface area contributed by atoms with Gasteiger partial charge in [-0.3, -0.25) is 4.98 Å². The lowest BCUT2D eigenvalue weighted by atomic mass is 10.1. The molecule has 0 radical (unpaired) electrons. The van der Waals surface area contributed by atoms with Crippen LogP contribution in [0.5, 0.6) is 0 Å². The van der Waals surface area contributed by atoms with Gasteiger partial charge in [0.2, 0.25) is 0 Å². The second-order valence-electron chi connectivity index (χ2n) is 5.69. The molecule has 1 aliphatic rings. The number of hydrogen-bond donors (Lipinski definition) is 1. The van der Waals surface area contributed by atoms with E-state index in [1.807, 2.05) is 45.9 Å². The first-order chi connectivity index (χ1) is 14.6. The summed E-state index contributed by atoms with van der Waals surface area (Å²) in [5, 5.41) is 36.8. The average Bonchev–Trinajstić information content (AvgIpc) is 3.21. The number of aromatic nitrogens is 3. The van der Waals surface area contributed by atoms with E-state index in [0.717, 1.165) is 21.3 Å². The molecular weight excluding hydrogens is 396 g/mol. The summed E-state index contributed by atoms with van der Waals surface area (Å²) in [5.41, 5.74) is 3.83. The van der Waals surface area contributed by atoms with Gasteiger partial charge in [0.15, 0.2) is 5.01 Å². The molecule has 1 N–H and O–H groups in total. The summed E-state index contributed by atoms with van der Waals surface area (Å²) in [7, 11) is 0. The monoisotopic (exact) mass is 418 g/mol. The van der Waals surface area contributed by atoms with Crippen molar-refractivity contribution in [2.45, 2.75) is 27.7 Å². The molecular formula is C21H22N8S. The van der Waals surface area contributed by atoms with Crippen molar-refractivity contribution in [3.05, 3.63) is 53.0 Å². The Morgan fingerprint density at radius 1 is 1.33 bits per heavy atom. The zero-order chi connectivity index (χ0) is 22.1. The minimum absolute atomic E-state index is 0.141. The van der Waals surface area contributed by atoms with Crippen LogP contribution in [0, 0.1) is 29.6 Å². The van der Waals surface area contributed by atoms with Crippen LogP contribution in [0.4, 0.5) is 5.69 Å². The second kappa shape index (κ2) is 10.6. The molecule has 9 heteroatoms. The van der Waals surface area contributed by atoms with Gasteiger partial charge in [-0.05, 0) is 26.0 Å². The van der Waals surface area contributed by atoms with Crippen molar-refractivity contribution < 1.29 is 0 Å². The molecule has 0 amide bonds. The van der Waals surface area contributed by atoms with Crippen LogP contribution in [0.2, 0.25) is 0 Å². The number of rotatable bonds is 5. The average molecular weight is 419 g/mol. The lowest BCUT2D eigenvalue weighted by Crippen LogP contribution is -2.18. The number of hydrazone groups is 1. The third kappa shape index (κ3) is 4.96. The molecule has 0 atom stereocenters. The highest BCUT2D eigenvalue weighted by Gasteiger charge is 2.19. The number of nitriles is 2. The number of aryl methyl sites for hydroxylation is 1. The molecule has 8 nitrogen and oxygen atoms in total. The van der Waals surface area contributed by atoms with E-state index in [0.29, 0.717) is 22.7 Å². The third-order valence-electron chi connectivity index (χ3n) is 3.82. The van der Waals surface area contributed by atoms with E-state index in [1.165, 1.54) is 17.6 Å². The van der Waals surface area contributed by atoms with Crippen LogP contribution in [0.1, 0.15) is 31.5 Å². The fourth-order valence-electron chi connectivity index (χ4n) is 2.58. The highest BCUT2D eigenvalue weighted by molar-refractivity contribution is 7.14. The molecule has 30 heavy (non-hydrogen) atoms. The number of allylic oxidation sites excluding steroid dienone is 3. The first-order valence-corrected chi connectivity index (χ1v) is 10.1. The van der Waals surface area contributed by atoms with Crippen molar-refractivity contribution >= 4 is 28.9 Å². The summed E-state index contributed by atoms with van der Waals surface area (Å²) in [5.74, 6) is 0. The molecule has 0 fully saturated rings. The van der Waals surface area contributed by atoms with Gasteiger partial charge >= 0.3 is 0 Å². The molecule has 2 aromatic rings. The first-order valence-electron chi connectivity index (χ1n) is 9.30. The summed E-state index contributed by atoms with van der Waals surface area (Å²) in [4.78, 5) is 4.56. The van der Waals surface area contributed by atoms with Crippen molar-refractivity contribution in [2.75, 3.05) is 11.9 Å². The Labute approximate surface area is 180 Å². The van der Waals surface area contributed by atoms with Crippen molar-refractivity contribution in [1.29, 1.82) is 10.5 Å². The van der Waals surface area contributed by atoms with Crippen LogP contribution in [0.3, 0.4) is 0 Å². The van der Waals surface area contributed by atoms with Crippen molar-refractivity contribution in [3.63, 3.8) is 0 Å². The smallest absolute Gasteiger partial charge is 0.151 e. The summed E-state index contributed by atoms with van der Waals surface area (Å²) in [6.45, 7) is 11.9. The fourth-order valence-corrected chi connectivity index (χ4v) is 3.30. The molecule has 0 bridgehead atoms. The van der Waals surface area contributed by atoms with Crippen molar-refractivity contribution in [1.82, 2.24) is 20.2 Å². The van der Waals surface area contributed by atoms with Crippen LogP contribution in [-0.2, 0) is 0 Å². The topological polar surface area (TPSA) is 114 Å². The van der Waals surface area contributed by atoms with Gasteiger partial charge in [-0.25, -0.2) is 5.01 Å². The standard InChI is InChI=1S/C19H16N8S.C2H6/c1-4-18(27-12(2)7-14(9-21)10-24-27)17-8-16(22-6-5-20)15(11-23-17)19-26-25-13(3)28-19;1-2/h4,7-8,10-11H,2,6H2,1,3H3,(H,22,23);1-2H3/b18-4-;. The minimum atomic E-state index is 0.141. The molecule has 0 saturated carbocycles. The van der Waals surface area contributed by atoms with E-state index in [4.69, 9.17) is 10.5 Å². The van der Waals surface area contributed by atoms with Crippen LogP contribution in [0.15, 0.2) is 47.4 Å². The lowest BCUT2D eigenvalue weighted by molar-refractivity contribution is 0.537. The number of anilines is 1. The largest absolute Gasteiger partial charge is 0.372 e. The van der Waals surface area contributed by atoms with Gasteiger partial charge in [-0.2, -0.15) is 15.6 Å². The maximum atomic E-state index is 9.03. The van der Waals surface area contributed by atoms with Crippen LogP contribution in [0.25, 0.3) is 16.3 Å². The Hall–Kier alpha value is -3.82. The number of hydrogen-bond acceptors (Lipinski definition) is 9. The van der Waals surface area contributed by atoms with Crippen molar-refractivity contribution in [2.24, 2.45) is 5.10 Å². The van der Waals surface area contributed by atoms with Gasteiger partial charge in [0.05, 0.1) is 40.5 Å². The summed E-state index contributed by atoms with van der Waals surface area (Å²) in [6, 6.07) is 5.97. The molecule has 0 unspecified atom stereocenters. The number of nitrogens with zero attached hydrogens (tertiary/aromatic N) is 7. The minimum Gasteiger partial charge on any atom is -0.372 e. The summed E-state index contributed by atoms with van der Waals surface area (Å²) < 4.78 is 0. The first kappa shape index (κ1) is 22.5. The van der Waals surface area contributed by atoms with Crippen LogP contribution >= 0.6 is 11.3 Å². The molecule has 152 valence electrons. The van der Waals surface area contributed by atoms with Crippen LogP contribution in [-0.4, -0.2) is 32.9 Å². The summed E-state index contributed by atoms with van der Waals surface area (Å²) >= 11 is 1.45. The van der Waals surface area contributed by atoms with Gasteiger partial charge in [-0.15, -0.1) is 10.2 Å². The Morgan fingerprint density at radius 2 is 2.10 bits per heavy atom. The SMILES string of the molecule is C=C1C=C(C#N)C=NN1/C(=C\C)c1cc(NCC#N)c(-c2nnc(C)s2)cn1.CC. The molecule has 0 saturated heterocycles. The maximum Gasteiger partial charge on any atom is 0.151 e. The second-order valence-corrected chi connectivity index (χ2v) is 6.87. The van der Waals surface area contributed by atoms with Gasteiger partial charge < -0.3 is 5.32 Å². The Bertz CT molecular complexity index is 1090. The zero-order valence-corrected chi connectivity index (χ0v) is 18.2. The molecule has 0 aliphatic carbocycles. The Balaban J connectivity index is 0.00000155. The lowest BCUT2D eigenvalue weighted by Gasteiger charge is -2.24. The summed E-state index contributed by atoms with van der Waals surface area (Å²) in [6.07, 6.45) is 6.69. The Kier molecular flexibility index (Phi) is 7.98. The van der Waals surface area contributed by atoms with E-state index in [-0.39, 0.29) is 6.54 Å². The quantitative estimate of drug-likeness (QED) is 0.711. The molecule has 3 heterocycles. The Morgan fingerprint density at radius 3 is 2.67 bits per heavy atom. The van der Waals surface area contributed by atoms with E-state index in [9.17, 15) is 0 Å². The molecule has 2 aromatic heterocycles. The molecule has 3 rings (SSSR count). The third-order valence-corrected chi connectivity index (χ3v) is 4.69. The number of nitrogens with one attached hydrogen (secondary N) is 1. The fraction of sp³-hybridized carbons (Fsp3) is 0.238. The molecule has 0 aromatic carbocycles. The van der Waals surface area contributed by atoms with Gasteiger partial charge in [0.25, 0.3) is 0 Å². The highest BCUT2D eigenvalue weighted by atomic mass is 32.1. The van der Waals surface area contributed by atoms with Crippen LogP contribution < -0.4 is 5.32 Å². The molecule has 1 aliphatic heterocycles. The predicted molar refractivity (Wildman–Crippen MR) is 120 cm³/mol. The van der Waals surface area contributed by atoms with E-state index in [2.05, 4.69) is 38.2 Å². The predicted octanol–water partition coefficient (Wildman–Crippen LogP) is 4.50. The van der Waals surface area contributed by atoms with E-state index >= 15 is 0 Å². The van der Waals surface area contributed by atoms with Gasteiger partial charge in [-0.1, -0.05) is 37.8 Å². The van der Waals surface area contributed by atoms with E-state index < -0.39 is 0 Å². The maximum absolute atomic E-state index is 9.03. The van der Waals surface area contributed by atoms with Crippen molar-refractivity contribution in [3.8, 4) is 22.7 Å². The normalized spacial score (nSPS) is 13.0.